The van der Waals surface area contributed by atoms with Crippen LogP contribution in [-0.4, -0.2) is 73.7 Å². The molecule has 1 aliphatic rings. The maximum Gasteiger partial charge on any atom is 0.324 e. The van der Waals surface area contributed by atoms with Crippen LogP contribution in [0.15, 0.2) is 24.4 Å². The number of carbonyl (C=O) groups is 1. The third-order valence-electron chi connectivity index (χ3n) is 5.04. The zero-order valence-corrected chi connectivity index (χ0v) is 17.3. The molecule has 0 spiro atoms. The molecule has 1 N–H and O–H groups in total. The van der Waals surface area contributed by atoms with Crippen molar-refractivity contribution in [3.8, 4) is 11.8 Å². The van der Waals surface area contributed by atoms with Crippen molar-refractivity contribution in [1.82, 2.24) is 9.88 Å². The van der Waals surface area contributed by atoms with Crippen molar-refractivity contribution in [2.24, 2.45) is 0 Å². The summed E-state index contributed by atoms with van der Waals surface area (Å²) in [4.78, 5) is 17.9. The second-order valence-electron chi connectivity index (χ2n) is 7.01. The fourth-order valence-corrected chi connectivity index (χ4v) is 3.63. The Balaban J connectivity index is 1.97. The summed E-state index contributed by atoms with van der Waals surface area (Å²) >= 11 is 0. The number of carboxylic acid groups (broad SMARTS) is 1. The minimum absolute atomic E-state index is 0.0563. The predicted molar refractivity (Wildman–Crippen MR) is 108 cm³/mol. The summed E-state index contributed by atoms with van der Waals surface area (Å²) in [5, 5.41) is 9.35. The number of methoxy groups -OCH3 is 1. The molecular formula is C20H26N2O5S. The SMILES string of the molecule is COCC#Cc1ccc(C2=CCN(CCC(C)(C(=O)O)S(C)(=O)=O)CC2)cn1. The van der Waals surface area contributed by atoms with Crippen molar-refractivity contribution in [3.63, 3.8) is 0 Å². The van der Waals surface area contributed by atoms with Crippen LogP contribution < -0.4 is 0 Å². The zero-order valence-electron chi connectivity index (χ0n) is 16.4. The van der Waals surface area contributed by atoms with Crippen LogP contribution >= 0.6 is 0 Å². The molecule has 8 heteroatoms. The van der Waals surface area contributed by atoms with Gasteiger partial charge in [0.2, 0.25) is 0 Å². The summed E-state index contributed by atoms with van der Waals surface area (Å²) in [7, 11) is -2.11. The van der Waals surface area contributed by atoms with E-state index >= 15 is 0 Å². The van der Waals surface area contributed by atoms with Gasteiger partial charge < -0.3 is 9.84 Å². The number of nitrogens with zero attached hydrogens (tertiary/aromatic N) is 2. The van der Waals surface area contributed by atoms with Crippen molar-refractivity contribution in [2.45, 2.75) is 24.5 Å². The Bertz CT molecular complexity index is 897. The van der Waals surface area contributed by atoms with E-state index in [0.717, 1.165) is 24.8 Å². The number of rotatable bonds is 7. The van der Waals surface area contributed by atoms with Gasteiger partial charge in [-0.15, -0.1) is 0 Å². The van der Waals surface area contributed by atoms with E-state index < -0.39 is 20.6 Å². The molecule has 1 aromatic rings. The molecule has 1 aliphatic heterocycles. The van der Waals surface area contributed by atoms with Crippen molar-refractivity contribution in [1.29, 1.82) is 0 Å². The lowest BCUT2D eigenvalue weighted by molar-refractivity contribution is -0.139. The quantitative estimate of drug-likeness (QED) is 0.685. The van der Waals surface area contributed by atoms with Gasteiger partial charge in [0, 0.05) is 39.2 Å². The second-order valence-corrected chi connectivity index (χ2v) is 9.45. The molecule has 2 rings (SSSR count). The molecule has 28 heavy (non-hydrogen) atoms. The van der Waals surface area contributed by atoms with Gasteiger partial charge >= 0.3 is 5.97 Å². The van der Waals surface area contributed by atoms with Crippen molar-refractivity contribution >= 4 is 21.4 Å². The Labute approximate surface area is 166 Å². The fourth-order valence-electron chi connectivity index (χ4n) is 2.86. The van der Waals surface area contributed by atoms with Gasteiger partial charge in [0.1, 0.15) is 12.3 Å². The molecule has 0 saturated heterocycles. The van der Waals surface area contributed by atoms with E-state index in [1.807, 2.05) is 12.1 Å². The first-order valence-corrected chi connectivity index (χ1v) is 10.8. The summed E-state index contributed by atoms with van der Waals surface area (Å²) in [6.07, 6.45) is 5.70. The molecule has 0 aromatic carbocycles. The summed E-state index contributed by atoms with van der Waals surface area (Å²) in [5.74, 6) is 4.48. The highest BCUT2D eigenvalue weighted by atomic mass is 32.2. The van der Waals surface area contributed by atoms with Gasteiger partial charge in [-0.1, -0.05) is 18.1 Å². The number of aromatic nitrogens is 1. The van der Waals surface area contributed by atoms with E-state index in [1.54, 1.807) is 13.3 Å². The van der Waals surface area contributed by atoms with Gasteiger partial charge in [-0.2, -0.15) is 0 Å². The minimum atomic E-state index is -3.70. The second kappa shape index (κ2) is 9.32. The number of ether oxygens (including phenoxy) is 1. The molecule has 0 saturated carbocycles. The van der Waals surface area contributed by atoms with E-state index in [9.17, 15) is 18.3 Å². The number of hydrogen-bond acceptors (Lipinski definition) is 6. The molecule has 0 fully saturated rings. The van der Waals surface area contributed by atoms with Crippen LogP contribution in [-0.2, 0) is 19.4 Å². The molecule has 0 aliphatic carbocycles. The molecule has 152 valence electrons. The summed E-state index contributed by atoms with van der Waals surface area (Å²) in [6.45, 7) is 3.43. The summed E-state index contributed by atoms with van der Waals surface area (Å²) in [6, 6.07) is 3.85. The lowest BCUT2D eigenvalue weighted by Crippen LogP contribution is -2.46. The Hall–Kier alpha value is -2.21. The number of carboxylic acids is 1. The Morgan fingerprint density at radius 2 is 2.18 bits per heavy atom. The topological polar surface area (TPSA) is 96.8 Å². The van der Waals surface area contributed by atoms with E-state index in [2.05, 4.69) is 27.8 Å². The van der Waals surface area contributed by atoms with Gasteiger partial charge in [-0.05, 0) is 42.9 Å². The van der Waals surface area contributed by atoms with E-state index in [4.69, 9.17) is 4.74 Å². The molecule has 0 radical (unpaired) electrons. The number of sulfone groups is 1. The monoisotopic (exact) mass is 406 g/mol. The van der Waals surface area contributed by atoms with E-state index in [0.29, 0.717) is 25.4 Å². The minimum Gasteiger partial charge on any atom is -0.480 e. The highest BCUT2D eigenvalue weighted by molar-refractivity contribution is 7.92. The zero-order chi connectivity index (χ0) is 20.8. The first-order valence-electron chi connectivity index (χ1n) is 8.96. The van der Waals surface area contributed by atoms with Crippen LogP contribution in [0.2, 0.25) is 0 Å². The van der Waals surface area contributed by atoms with Crippen LogP contribution in [0.25, 0.3) is 5.57 Å². The molecule has 0 amide bonds. The number of pyridine rings is 1. The summed E-state index contributed by atoms with van der Waals surface area (Å²) in [5.41, 5.74) is 2.89. The Morgan fingerprint density at radius 3 is 2.68 bits per heavy atom. The molecule has 1 aromatic heterocycles. The highest BCUT2D eigenvalue weighted by Gasteiger charge is 2.43. The van der Waals surface area contributed by atoms with Gasteiger partial charge in [-0.3, -0.25) is 9.69 Å². The largest absolute Gasteiger partial charge is 0.480 e. The van der Waals surface area contributed by atoms with Crippen molar-refractivity contribution in [3.05, 3.63) is 35.7 Å². The molecule has 7 nitrogen and oxygen atoms in total. The fraction of sp³-hybridized carbons (Fsp3) is 0.500. The van der Waals surface area contributed by atoms with Crippen LogP contribution in [0.1, 0.15) is 31.0 Å². The van der Waals surface area contributed by atoms with Crippen molar-refractivity contribution in [2.75, 3.05) is 39.6 Å². The Kier molecular flexibility index (Phi) is 7.35. The van der Waals surface area contributed by atoms with Crippen LogP contribution in [0, 0.1) is 11.8 Å². The number of aliphatic carboxylic acids is 1. The van der Waals surface area contributed by atoms with Crippen LogP contribution in [0.3, 0.4) is 0 Å². The third kappa shape index (κ3) is 5.41. The molecular weight excluding hydrogens is 380 g/mol. The average molecular weight is 407 g/mol. The van der Waals surface area contributed by atoms with Crippen LogP contribution in [0.5, 0.6) is 0 Å². The third-order valence-corrected chi connectivity index (χ3v) is 7.05. The lowest BCUT2D eigenvalue weighted by atomic mass is 10.00. The molecule has 0 bridgehead atoms. The van der Waals surface area contributed by atoms with Gasteiger partial charge in [0.05, 0.1) is 0 Å². The van der Waals surface area contributed by atoms with Gasteiger partial charge in [0.25, 0.3) is 0 Å². The predicted octanol–water partition coefficient (Wildman–Crippen LogP) is 1.45. The van der Waals surface area contributed by atoms with Gasteiger partial charge in [-0.25, -0.2) is 13.4 Å². The average Bonchev–Trinajstić information content (AvgIpc) is 2.66. The number of hydrogen-bond donors (Lipinski definition) is 1. The lowest BCUT2D eigenvalue weighted by Gasteiger charge is -2.30. The Morgan fingerprint density at radius 1 is 1.43 bits per heavy atom. The van der Waals surface area contributed by atoms with Crippen molar-refractivity contribution < 1.29 is 23.1 Å². The molecule has 1 atom stereocenters. The molecule has 1 unspecified atom stereocenters. The van der Waals surface area contributed by atoms with E-state index in [1.165, 1.54) is 12.5 Å². The standard InChI is InChI=1S/C20H26N2O5S/c1-20(19(23)24,28(3,25)26)10-13-22-11-8-16(9-12-22)17-6-7-18(21-15-17)5-4-14-27-2/h6-8,15H,9-14H2,1-3H3,(H,23,24). The smallest absolute Gasteiger partial charge is 0.324 e. The first kappa shape index (κ1) is 22.1. The van der Waals surface area contributed by atoms with Crippen LogP contribution in [0.4, 0.5) is 0 Å². The van der Waals surface area contributed by atoms with E-state index in [-0.39, 0.29) is 6.42 Å². The van der Waals surface area contributed by atoms with Gasteiger partial charge in [0.15, 0.2) is 14.6 Å². The summed E-state index contributed by atoms with van der Waals surface area (Å²) < 4.78 is 26.9. The highest BCUT2D eigenvalue weighted by Crippen LogP contribution is 2.25. The normalized spacial score (nSPS) is 17.2. The maximum absolute atomic E-state index is 11.9. The maximum atomic E-state index is 11.9. The first-order chi connectivity index (χ1) is 13.2. The molecule has 2 heterocycles.